The van der Waals surface area contributed by atoms with Gasteiger partial charge >= 0.3 is 0 Å². The van der Waals surface area contributed by atoms with Gasteiger partial charge in [0.2, 0.25) is 0 Å². The van der Waals surface area contributed by atoms with E-state index in [1.807, 2.05) is 25.2 Å². The number of methoxy groups -OCH3 is 1. The Hall–Kier alpha value is -1.58. The average molecular weight is 450 g/mol. The number of benzene rings is 1. The lowest BCUT2D eigenvalue weighted by Gasteiger charge is -2.54. The van der Waals surface area contributed by atoms with E-state index in [0.29, 0.717) is 30.3 Å². The van der Waals surface area contributed by atoms with Gasteiger partial charge in [-0.3, -0.25) is 10.2 Å². The van der Waals surface area contributed by atoms with E-state index >= 15 is 0 Å². The molecule has 2 aliphatic rings. The highest BCUT2D eigenvalue weighted by molar-refractivity contribution is 5.56. The van der Waals surface area contributed by atoms with Crippen LogP contribution < -0.4 is 25.4 Å². The van der Waals surface area contributed by atoms with E-state index in [0.717, 1.165) is 44.6 Å². The predicted octanol–water partition coefficient (Wildman–Crippen LogP) is 2.26. The molecule has 0 aliphatic carbocycles. The lowest BCUT2D eigenvalue weighted by atomic mass is 9.99. The summed E-state index contributed by atoms with van der Waals surface area (Å²) in [5.41, 5.74) is 0.960. The summed E-state index contributed by atoms with van der Waals surface area (Å²) in [6.07, 6.45) is 4.03. The summed E-state index contributed by atoms with van der Waals surface area (Å²) in [5.74, 6) is 0.947. The molecule has 0 spiro atoms. The molecule has 8 nitrogen and oxygen atoms in total. The smallest absolute Gasteiger partial charge is 0.163 e. The highest BCUT2D eigenvalue weighted by Crippen LogP contribution is 2.34. The van der Waals surface area contributed by atoms with Crippen LogP contribution in [0.25, 0.3) is 0 Å². The molecule has 4 atom stereocenters. The molecule has 32 heavy (non-hydrogen) atoms. The van der Waals surface area contributed by atoms with Crippen molar-refractivity contribution in [2.24, 2.45) is 0 Å². The zero-order chi connectivity index (χ0) is 23.1. The minimum absolute atomic E-state index is 0.245. The minimum atomic E-state index is -0.518. The van der Waals surface area contributed by atoms with Gasteiger partial charge in [-0.15, -0.1) is 0 Å². The Balaban J connectivity index is 1.78. The molecule has 2 aliphatic heterocycles. The van der Waals surface area contributed by atoms with Gasteiger partial charge in [0.25, 0.3) is 0 Å². The van der Waals surface area contributed by atoms with E-state index in [1.54, 1.807) is 7.11 Å². The SMILES string of the molecule is CCCC1(Nc2ccc(OC)c(OC[C@H](O)CN3CCC3)c2)NC(C)CC(NC)N1CC. The van der Waals surface area contributed by atoms with Crippen LogP contribution in [0.4, 0.5) is 5.69 Å². The van der Waals surface area contributed by atoms with Crippen molar-refractivity contribution < 1.29 is 14.6 Å². The van der Waals surface area contributed by atoms with Crippen LogP contribution in [0.15, 0.2) is 18.2 Å². The molecule has 0 bridgehead atoms. The average Bonchev–Trinajstić information content (AvgIpc) is 2.74. The van der Waals surface area contributed by atoms with E-state index in [4.69, 9.17) is 9.47 Å². The first kappa shape index (κ1) is 25.1. The third-order valence-electron chi connectivity index (χ3n) is 6.58. The lowest BCUT2D eigenvalue weighted by molar-refractivity contribution is -0.0279. The van der Waals surface area contributed by atoms with Crippen molar-refractivity contribution in [3.63, 3.8) is 0 Å². The molecule has 0 radical (unpaired) electrons. The maximum Gasteiger partial charge on any atom is 0.163 e. The first-order chi connectivity index (χ1) is 15.4. The van der Waals surface area contributed by atoms with E-state index in [-0.39, 0.29) is 12.4 Å². The quantitative estimate of drug-likeness (QED) is 0.387. The lowest BCUT2D eigenvalue weighted by Crippen LogP contribution is -2.74. The van der Waals surface area contributed by atoms with Gasteiger partial charge in [-0.05, 0) is 58.5 Å². The number of hydrogen-bond donors (Lipinski definition) is 4. The van der Waals surface area contributed by atoms with Gasteiger partial charge in [-0.1, -0.05) is 20.3 Å². The maximum absolute atomic E-state index is 10.4. The maximum atomic E-state index is 10.4. The monoisotopic (exact) mass is 449 g/mol. The standard InChI is InChI=1S/C24H43N5O3/c1-6-11-24(26-18(3)14-23(25-4)29(24)7-2)27-19-9-10-21(31-5)22(15-19)32-17-20(30)16-28-12-8-13-28/h9-10,15,18,20,23,25-27,30H,6-8,11-14,16-17H2,1-5H3/t18?,20-,23?,24?/m1/s1. The molecule has 2 saturated heterocycles. The number of β-amino-alcohol motifs (C(OH)–C–C–N with tert-alkyl or cyclic N) is 1. The first-order valence-corrected chi connectivity index (χ1v) is 12.2. The summed E-state index contributed by atoms with van der Waals surface area (Å²) in [5, 5.41) is 21.5. The van der Waals surface area contributed by atoms with Gasteiger partial charge in [-0.25, -0.2) is 0 Å². The highest BCUT2D eigenvalue weighted by Gasteiger charge is 2.44. The fourth-order valence-electron chi connectivity index (χ4n) is 5.00. The molecule has 3 rings (SSSR count). The van der Waals surface area contributed by atoms with Gasteiger partial charge in [0, 0.05) is 30.9 Å². The number of aliphatic hydroxyl groups excluding tert-OH is 1. The van der Waals surface area contributed by atoms with Crippen LogP contribution >= 0.6 is 0 Å². The van der Waals surface area contributed by atoms with E-state index in [9.17, 15) is 5.11 Å². The number of ether oxygens (including phenoxy) is 2. The van der Waals surface area contributed by atoms with E-state index < -0.39 is 6.10 Å². The van der Waals surface area contributed by atoms with Crippen LogP contribution in [0.2, 0.25) is 0 Å². The van der Waals surface area contributed by atoms with Gasteiger partial charge in [-0.2, -0.15) is 0 Å². The van der Waals surface area contributed by atoms with Crippen molar-refractivity contribution in [1.82, 2.24) is 20.4 Å². The zero-order valence-corrected chi connectivity index (χ0v) is 20.5. The Labute approximate surface area is 193 Å². The van der Waals surface area contributed by atoms with Crippen molar-refractivity contribution >= 4 is 5.69 Å². The molecule has 2 fully saturated rings. The van der Waals surface area contributed by atoms with E-state index in [1.165, 1.54) is 6.42 Å². The van der Waals surface area contributed by atoms with Crippen molar-refractivity contribution in [2.45, 2.75) is 70.6 Å². The van der Waals surface area contributed by atoms with E-state index in [2.05, 4.69) is 46.5 Å². The van der Waals surface area contributed by atoms with Crippen LogP contribution in [0, 0.1) is 0 Å². The van der Waals surface area contributed by atoms with Gasteiger partial charge in [0.1, 0.15) is 18.5 Å². The molecular formula is C24H43N5O3. The number of rotatable bonds is 12. The topological polar surface area (TPSA) is 81.3 Å². The number of anilines is 1. The molecule has 0 saturated carbocycles. The van der Waals surface area contributed by atoms with Gasteiger partial charge in [0.15, 0.2) is 11.5 Å². The molecule has 182 valence electrons. The fourth-order valence-corrected chi connectivity index (χ4v) is 5.00. The number of nitrogens with zero attached hydrogens (tertiary/aromatic N) is 2. The van der Waals surface area contributed by atoms with Crippen molar-refractivity contribution in [1.29, 1.82) is 0 Å². The second kappa shape index (κ2) is 11.5. The van der Waals surface area contributed by atoms with Crippen molar-refractivity contribution in [3.8, 4) is 11.5 Å². The Morgan fingerprint density at radius 1 is 1.28 bits per heavy atom. The molecule has 1 aromatic carbocycles. The first-order valence-electron chi connectivity index (χ1n) is 12.2. The molecule has 1 aromatic rings. The number of aliphatic hydroxyl groups is 1. The Morgan fingerprint density at radius 2 is 2.06 bits per heavy atom. The van der Waals surface area contributed by atoms with Crippen LogP contribution in [-0.2, 0) is 0 Å². The van der Waals surface area contributed by atoms with Crippen LogP contribution in [0.1, 0.15) is 46.5 Å². The minimum Gasteiger partial charge on any atom is -0.493 e. The molecule has 0 aromatic heterocycles. The third kappa shape index (κ3) is 5.85. The number of likely N-dealkylation sites (tertiary alicyclic amines) is 1. The molecule has 8 heteroatoms. The summed E-state index contributed by atoms with van der Waals surface area (Å²) in [6.45, 7) is 10.6. The number of nitrogens with one attached hydrogen (secondary N) is 3. The molecule has 2 heterocycles. The molecule has 3 unspecified atom stereocenters. The second-order valence-corrected chi connectivity index (χ2v) is 9.09. The second-order valence-electron chi connectivity index (χ2n) is 9.09. The summed E-state index contributed by atoms with van der Waals surface area (Å²) < 4.78 is 11.5. The van der Waals surface area contributed by atoms with Gasteiger partial charge in [0.05, 0.1) is 13.3 Å². The normalized spacial score (nSPS) is 27.6. The summed E-state index contributed by atoms with van der Waals surface area (Å²) >= 11 is 0. The Kier molecular flexibility index (Phi) is 9.02. The molecule has 0 amide bonds. The summed E-state index contributed by atoms with van der Waals surface area (Å²) in [4.78, 5) is 4.71. The molecular weight excluding hydrogens is 406 g/mol. The predicted molar refractivity (Wildman–Crippen MR) is 129 cm³/mol. The van der Waals surface area contributed by atoms with Crippen molar-refractivity contribution in [2.75, 3.05) is 52.3 Å². The number of hydrogen-bond acceptors (Lipinski definition) is 8. The van der Waals surface area contributed by atoms with Crippen LogP contribution in [-0.4, -0.2) is 85.9 Å². The zero-order valence-electron chi connectivity index (χ0n) is 20.5. The fraction of sp³-hybridized carbons (Fsp3) is 0.750. The van der Waals surface area contributed by atoms with Gasteiger partial charge < -0.3 is 30.1 Å². The summed E-state index contributed by atoms with van der Waals surface area (Å²) in [7, 11) is 3.68. The largest absolute Gasteiger partial charge is 0.493 e. The van der Waals surface area contributed by atoms with Crippen molar-refractivity contribution in [3.05, 3.63) is 18.2 Å². The van der Waals surface area contributed by atoms with Crippen LogP contribution in [0.3, 0.4) is 0 Å². The molecule has 4 N–H and O–H groups in total. The Morgan fingerprint density at radius 3 is 2.66 bits per heavy atom. The Bertz CT molecular complexity index is 717. The summed E-state index contributed by atoms with van der Waals surface area (Å²) in [6, 6.07) is 6.32. The third-order valence-corrected chi connectivity index (χ3v) is 6.58. The highest BCUT2D eigenvalue weighted by atomic mass is 16.5. The van der Waals surface area contributed by atoms with Crippen LogP contribution in [0.5, 0.6) is 11.5 Å².